The van der Waals surface area contributed by atoms with Crippen molar-refractivity contribution < 1.29 is 14.3 Å². The van der Waals surface area contributed by atoms with Gasteiger partial charge in [-0.25, -0.2) is 0 Å². The van der Waals surface area contributed by atoms with Gasteiger partial charge in [0.1, 0.15) is 5.78 Å². The number of benzene rings is 1. The number of Topliss-reactive ketones (excluding diaryl/α,β-unsaturated/α-hetero) is 1. The summed E-state index contributed by atoms with van der Waals surface area (Å²) in [6.07, 6.45) is 2.15. The molecule has 0 aliphatic heterocycles. The largest absolute Gasteiger partial charge is 0.465 e. The van der Waals surface area contributed by atoms with Crippen LogP contribution in [0.5, 0.6) is 0 Å². The van der Waals surface area contributed by atoms with Gasteiger partial charge >= 0.3 is 5.97 Å². The summed E-state index contributed by atoms with van der Waals surface area (Å²) in [6, 6.07) is 9.02. The first-order valence-electron chi connectivity index (χ1n) is 12.5. The average Bonchev–Trinajstić information content (AvgIpc) is 2.67. The molecule has 0 saturated heterocycles. The van der Waals surface area contributed by atoms with Gasteiger partial charge in [-0.3, -0.25) is 9.59 Å². The van der Waals surface area contributed by atoms with Crippen LogP contribution in [0.1, 0.15) is 107 Å². The number of ether oxygens (including phenoxy) is 1. The summed E-state index contributed by atoms with van der Waals surface area (Å²) in [5.74, 6) is 2.68. The predicted octanol–water partition coefficient (Wildman–Crippen LogP) is 8.11. The smallest absolute Gasteiger partial charge is 0.308 e. The minimum Gasteiger partial charge on any atom is -0.465 e. The maximum atomic E-state index is 10.9. The third-order valence-corrected chi connectivity index (χ3v) is 4.84. The maximum absolute atomic E-state index is 10.9. The lowest BCUT2D eigenvalue weighted by atomic mass is 9.98. The van der Waals surface area contributed by atoms with E-state index in [1.54, 1.807) is 0 Å². The highest BCUT2D eigenvalue weighted by atomic mass is 16.5. The number of ketones is 1. The van der Waals surface area contributed by atoms with Gasteiger partial charge in [0.25, 0.3) is 0 Å². The standard InChI is InChI=1S/C13H20.C9H18O2.C7H14O/c1-10(2)9-12-5-7-13(8-6-12)11(3)4;1-7(2)5-6-11-9(10)8(3)4;1-5(2)7(8)6(3)4/h5-8,10-11H,9H2,1-4H3;7-8H,5-6H2,1-4H3;5-6H,1-4H3. The zero-order valence-electron chi connectivity index (χ0n) is 23.1. The van der Waals surface area contributed by atoms with Crippen molar-refractivity contribution in [2.24, 2.45) is 29.6 Å². The van der Waals surface area contributed by atoms with E-state index in [-0.39, 0.29) is 23.7 Å². The molecule has 0 heterocycles. The number of hydrogen-bond acceptors (Lipinski definition) is 3. The van der Waals surface area contributed by atoms with Gasteiger partial charge in [-0.05, 0) is 41.7 Å². The van der Waals surface area contributed by atoms with Crippen LogP contribution in [0.4, 0.5) is 0 Å². The van der Waals surface area contributed by atoms with Crippen LogP contribution in [0.15, 0.2) is 24.3 Å². The highest BCUT2D eigenvalue weighted by Gasteiger charge is 2.10. The Kier molecular flexibility index (Phi) is 18.2. The van der Waals surface area contributed by atoms with E-state index in [9.17, 15) is 9.59 Å². The third kappa shape index (κ3) is 18.0. The lowest BCUT2D eigenvalue weighted by Gasteiger charge is -2.08. The molecule has 0 spiro atoms. The van der Waals surface area contributed by atoms with Crippen LogP contribution in [-0.2, 0) is 20.7 Å². The van der Waals surface area contributed by atoms with Gasteiger partial charge in [-0.15, -0.1) is 0 Å². The van der Waals surface area contributed by atoms with Crippen molar-refractivity contribution >= 4 is 11.8 Å². The molecule has 32 heavy (non-hydrogen) atoms. The van der Waals surface area contributed by atoms with Crippen LogP contribution in [0.2, 0.25) is 0 Å². The normalized spacial score (nSPS) is 10.9. The van der Waals surface area contributed by atoms with Crippen LogP contribution >= 0.6 is 0 Å². The van der Waals surface area contributed by atoms with Crippen molar-refractivity contribution in [2.45, 2.75) is 102 Å². The van der Waals surface area contributed by atoms with Crippen molar-refractivity contribution in [1.29, 1.82) is 0 Å². The van der Waals surface area contributed by atoms with Crippen molar-refractivity contribution in [2.75, 3.05) is 6.61 Å². The molecule has 1 rings (SSSR count). The SMILES string of the molecule is CC(C)C(=O)C(C)C.CC(C)CCOC(=O)C(C)C.CC(C)Cc1ccc(C(C)C)cc1. The molecule has 0 amide bonds. The van der Waals surface area contributed by atoms with Gasteiger partial charge in [0.15, 0.2) is 0 Å². The van der Waals surface area contributed by atoms with Crippen molar-refractivity contribution in [3.8, 4) is 0 Å². The second-order valence-corrected chi connectivity index (χ2v) is 10.7. The number of rotatable bonds is 9. The fourth-order valence-corrected chi connectivity index (χ4v) is 2.74. The molecule has 0 N–H and O–H groups in total. The van der Waals surface area contributed by atoms with Gasteiger partial charge in [0.05, 0.1) is 12.5 Å². The lowest BCUT2D eigenvalue weighted by molar-refractivity contribution is -0.147. The topological polar surface area (TPSA) is 43.4 Å². The summed E-state index contributed by atoms with van der Waals surface area (Å²) < 4.78 is 4.98. The molecule has 0 bridgehead atoms. The Morgan fingerprint density at radius 1 is 0.688 bits per heavy atom. The molecule has 1 aromatic carbocycles. The van der Waals surface area contributed by atoms with Gasteiger partial charge in [-0.2, -0.15) is 0 Å². The summed E-state index contributed by atoms with van der Waals surface area (Å²) in [5.41, 5.74) is 2.90. The molecule has 3 nitrogen and oxygen atoms in total. The number of esters is 1. The highest BCUT2D eigenvalue weighted by molar-refractivity contribution is 5.82. The van der Waals surface area contributed by atoms with Crippen molar-refractivity contribution in [3.63, 3.8) is 0 Å². The number of carbonyl (C=O) groups excluding carboxylic acids is 2. The zero-order chi connectivity index (χ0) is 25.4. The molecule has 3 heteroatoms. The molecule has 0 aromatic heterocycles. The minimum atomic E-state index is -0.0920. The van der Waals surface area contributed by atoms with E-state index < -0.39 is 0 Å². The molecular formula is C29H52O3. The predicted molar refractivity (Wildman–Crippen MR) is 139 cm³/mol. The van der Waals surface area contributed by atoms with E-state index in [0.29, 0.717) is 24.2 Å². The fourth-order valence-electron chi connectivity index (χ4n) is 2.74. The minimum absolute atomic E-state index is 0.00200. The first kappa shape index (κ1) is 32.5. The second kappa shape index (κ2) is 17.9. The second-order valence-electron chi connectivity index (χ2n) is 10.7. The molecule has 0 fully saturated rings. The monoisotopic (exact) mass is 448 g/mol. The summed E-state index contributed by atoms with van der Waals surface area (Å²) in [7, 11) is 0. The Morgan fingerprint density at radius 3 is 1.44 bits per heavy atom. The molecule has 0 saturated carbocycles. The zero-order valence-corrected chi connectivity index (χ0v) is 23.1. The Labute approximate surface area is 199 Å². The quantitative estimate of drug-likeness (QED) is 0.358. The van der Waals surface area contributed by atoms with E-state index in [1.807, 2.05) is 41.5 Å². The van der Waals surface area contributed by atoms with Crippen LogP contribution in [0, 0.1) is 29.6 Å². The Morgan fingerprint density at radius 2 is 1.16 bits per heavy atom. The first-order valence-corrected chi connectivity index (χ1v) is 12.5. The highest BCUT2D eigenvalue weighted by Crippen LogP contribution is 2.16. The van der Waals surface area contributed by atoms with E-state index >= 15 is 0 Å². The summed E-state index contributed by atoms with van der Waals surface area (Å²) >= 11 is 0. The Balaban J connectivity index is 0. The van der Waals surface area contributed by atoms with Gasteiger partial charge < -0.3 is 4.74 Å². The molecule has 0 unspecified atom stereocenters. The molecule has 1 aromatic rings. The van der Waals surface area contributed by atoms with E-state index in [1.165, 1.54) is 17.5 Å². The molecule has 0 aliphatic rings. The van der Waals surface area contributed by atoms with Crippen molar-refractivity contribution in [3.05, 3.63) is 35.4 Å². The van der Waals surface area contributed by atoms with E-state index in [0.717, 1.165) is 12.3 Å². The average molecular weight is 449 g/mol. The van der Waals surface area contributed by atoms with Crippen LogP contribution in [0.3, 0.4) is 0 Å². The van der Waals surface area contributed by atoms with E-state index in [2.05, 4.69) is 65.8 Å². The van der Waals surface area contributed by atoms with Gasteiger partial charge in [0, 0.05) is 11.8 Å². The maximum Gasteiger partial charge on any atom is 0.308 e. The lowest BCUT2D eigenvalue weighted by Crippen LogP contribution is -2.13. The first-order chi connectivity index (χ1) is 14.7. The van der Waals surface area contributed by atoms with E-state index in [4.69, 9.17) is 4.74 Å². The Bertz CT molecular complexity index is 598. The van der Waals surface area contributed by atoms with Crippen molar-refractivity contribution in [1.82, 2.24) is 0 Å². The fraction of sp³-hybridized carbons (Fsp3) is 0.724. The molecular weight excluding hydrogens is 396 g/mol. The van der Waals surface area contributed by atoms with Gasteiger partial charge in [-0.1, -0.05) is 107 Å². The Hall–Kier alpha value is -1.64. The summed E-state index contributed by atoms with van der Waals surface area (Å²) in [6.45, 7) is 25.2. The molecule has 186 valence electrons. The molecule has 0 radical (unpaired) electrons. The summed E-state index contributed by atoms with van der Waals surface area (Å²) in [4.78, 5) is 21.7. The summed E-state index contributed by atoms with van der Waals surface area (Å²) in [5, 5.41) is 0. The number of carbonyl (C=O) groups is 2. The third-order valence-electron chi connectivity index (χ3n) is 4.84. The van der Waals surface area contributed by atoms with Crippen LogP contribution in [0.25, 0.3) is 0 Å². The number of hydrogen-bond donors (Lipinski definition) is 0. The van der Waals surface area contributed by atoms with Crippen LogP contribution in [-0.4, -0.2) is 18.4 Å². The molecule has 0 atom stereocenters. The van der Waals surface area contributed by atoms with Gasteiger partial charge in [0.2, 0.25) is 0 Å². The molecule has 0 aliphatic carbocycles. The van der Waals surface area contributed by atoms with Crippen LogP contribution < -0.4 is 0 Å².